The van der Waals surface area contributed by atoms with E-state index in [1.165, 1.54) is 6.42 Å². The van der Waals surface area contributed by atoms with Crippen LogP contribution in [0.3, 0.4) is 0 Å². The summed E-state index contributed by atoms with van der Waals surface area (Å²) in [6, 6.07) is -0.00788. The molecular weight excluding hydrogens is 268 g/mol. The molecule has 3 fully saturated rings. The molecule has 1 aliphatic carbocycles. The van der Waals surface area contributed by atoms with Gasteiger partial charge in [-0.15, -0.1) is 0 Å². The molecule has 0 radical (unpaired) electrons. The van der Waals surface area contributed by atoms with Gasteiger partial charge >= 0.3 is 6.09 Å². The summed E-state index contributed by atoms with van der Waals surface area (Å²) >= 11 is 0. The zero-order valence-electron chi connectivity index (χ0n) is 13.2. The van der Waals surface area contributed by atoms with Crippen LogP contribution in [0.1, 0.15) is 52.9 Å². The number of rotatable bonds is 1. The van der Waals surface area contributed by atoms with E-state index in [9.17, 15) is 9.59 Å². The zero-order chi connectivity index (χ0) is 15.2. The van der Waals surface area contributed by atoms with Gasteiger partial charge in [0.2, 0.25) is 5.91 Å². The summed E-state index contributed by atoms with van der Waals surface area (Å²) in [7, 11) is 0. The number of ether oxygens (including phenoxy) is 1. The molecule has 2 amide bonds. The average Bonchev–Trinajstić information content (AvgIpc) is 2.88. The third-order valence-corrected chi connectivity index (χ3v) is 4.83. The predicted molar refractivity (Wildman–Crippen MR) is 78.7 cm³/mol. The maximum atomic E-state index is 12.7. The number of amides is 2. The van der Waals surface area contributed by atoms with Crippen molar-refractivity contribution in [1.29, 1.82) is 0 Å². The Bertz CT molecular complexity index is 443. The first-order valence-corrected chi connectivity index (χ1v) is 8.13. The van der Waals surface area contributed by atoms with Crippen molar-refractivity contribution in [3.05, 3.63) is 0 Å². The SMILES string of the molecule is CC(C)(C)OC(=O)N[C@H]1C[C@H]2C[C@H]2C[C@H]2CCCN2C1=O. The van der Waals surface area contributed by atoms with Gasteiger partial charge in [0.05, 0.1) is 0 Å². The number of nitrogens with one attached hydrogen (secondary N) is 1. The standard InChI is InChI=1S/C16H26N2O3/c1-16(2,3)21-15(20)17-13-9-11-7-10(11)8-12-5-4-6-18(12)14(13)19/h10-13H,4-9H2,1-3H3,(H,17,20)/t10-,11+,12+,13-/m0/s1. The normalized spacial score (nSPS) is 35.4. The number of hydrogen-bond donors (Lipinski definition) is 1. The molecule has 5 heteroatoms. The molecule has 3 aliphatic rings. The van der Waals surface area contributed by atoms with Crippen LogP contribution in [0.5, 0.6) is 0 Å². The van der Waals surface area contributed by atoms with Crippen LogP contribution in [-0.4, -0.2) is 41.1 Å². The minimum absolute atomic E-state index is 0.0914. The number of fused-ring (bicyclic) bond motifs is 2. The van der Waals surface area contributed by atoms with Crippen molar-refractivity contribution in [2.45, 2.75) is 70.6 Å². The number of hydrogen-bond acceptors (Lipinski definition) is 3. The lowest BCUT2D eigenvalue weighted by atomic mass is 9.99. The van der Waals surface area contributed by atoms with Crippen LogP contribution < -0.4 is 5.32 Å². The molecule has 118 valence electrons. The Morgan fingerprint density at radius 3 is 2.67 bits per heavy atom. The van der Waals surface area contributed by atoms with Crippen LogP contribution in [-0.2, 0) is 9.53 Å². The molecule has 0 spiro atoms. The Balaban J connectivity index is 1.67. The van der Waals surface area contributed by atoms with Gasteiger partial charge in [0.15, 0.2) is 0 Å². The molecule has 0 aromatic heterocycles. The highest BCUT2D eigenvalue weighted by atomic mass is 16.6. The summed E-state index contributed by atoms with van der Waals surface area (Å²) in [5.41, 5.74) is -0.535. The Morgan fingerprint density at radius 2 is 1.95 bits per heavy atom. The molecule has 0 aromatic carbocycles. The van der Waals surface area contributed by atoms with Gasteiger partial charge in [-0.1, -0.05) is 0 Å². The molecule has 2 aliphatic heterocycles. The van der Waals surface area contributed by atoms with Gasteiger partial charge in [-0.3, -0.25) is 4.79 Å². The van der Waals surface area contributed by atoms with Gasteiger partial charge in [0.25, 0.3) is 0 Å². The number of alkyl carbamates (subject to hydrolysis) is 1. The van der Waals surface area contributed by atoms with Crippen molar-refractivity contribution >= 4 is 12.0 Å². The van der Waals surface area contributed by atoms with Gasteiger partial charge in [-0.25, -0.2) is 4.79 Å². The molecule has 1 saturated carbocycles. The molecule has 3 rings (SSSR count). The van der Waals surface area contributed by atoms with Crippen LogP contribution in [0, 0.1) is 11.8 Å². The fourth-order valence-electron chi connectivity index (χ4n) is 3.78. The molecule has 0 bridgehead atoms. The van der Waals surface area contributed by atoms with Gasteiger partial charge in [-0.2, -0.15) is 0 Å². The van der Waals surface area contributed by atoms with Gasteiger partial charge in [-0.05, 0) is 64.7 Å². The van der Waals surface area contributed by atoms with Crippen molar-refractivity contribution in [1.82, 2.24) is 10.2 Å². The van der Waals surface area contributed by atoms with E-state index in [1.54, 1.807) is 0 Å². The van der Waals surface area contributed by atoms with E-state index in [-0.39, 0.29) is 5.91 Å². The maximum absolute atomic E-state index is 12.7. The largest absolute Gasteiger partial charge is 0.444 e. The molecule has 5 nitrogen and oxygen atoms in total. The van der Waals surface area contributed by atoms with E-state index in [4.69, 9.17) is 4.74 Å². The number of carbonyl (C=O) groups excluding carboxylic acids is 2. The Hall–Kier alpha value is -1.26. The Morgan fingerprint density at radius 1 is 1.24 bits per heavy atom. The first-order chi connectivity index (χ1) is 9.83. The predicted octanol–water partition coefficient (Wildman–Crippen LogP) is 2.30. The smallest absolute Gasteiger partial charge is 0.408 e. The summed E-state index contributed by atoms with van der Waals surface area (Å²) in [5, 5.41) is 2.81. The minimum Gasteiger partial charge on any atom is -0.444 e. The van der Waals surface area contributed by atoms with Crippen molar-refractivity contribution in [2.24, 2.45) is 11.8 Å². The van der Waals surface area contributed by atoms with E-state index < -0.39 is 17.7 Å². The van der Waals surface area contributed by atoms with Gasteiger partial charge in [0.1, 0.15) is 11.6 Å². The summed E-state index contributed by atoms with van der Waals surface area (Å²) < 4.78 is 5.30. The lowest BCUT2D eigenvalue weighted by molar-refractivity contribution is -0.135. The number of nitrogens with zero attached hydrogens (tertiary/aromatic N) is 1. The van der Waals surface area contributed by atoms with E-state index in [0.29, 0.717) is 12.0 Å². The quantitative estimate of drug-likeness (QED) is 0.807. The lowest BCUT2D eigenvalue weighted by Crippen LogP contribution is -2.52. The fourth-order valence-corrected chi connectivity index (χ4v) is 3.78. The Kier molecular flexibility index (Phi) is 3.62. The fraction of sp³-hybridized carbons (Fsp3) is 0.875. The second kappa shape index (κ2) is 5.18. The minimum atomic E-state index is -0.535. The second-order valence-electron chi connectivity index (χ2n) is 7.75. The second-order valence-corrected chi connectivity index (χ2v) is 7.75. The van der Waals surface area contributed by atoms with E-state index in [2.05, 4.69) is 5.32 Å². The van der Waals surface area contributed by atoms with E-state index in [0.717, 1.165) is 38.1 Å². The first kappa shape index (κ1) is 14.7. The maximum Gasteiger partial charge on any atom is 0.408 e. The lowest BCUT2D eigenvalue weighted by Gasteiger charge is -2.32. The molecule has 2 heterocycles. The monoisotopic (exact) mass is 294 g/mol. The average molecular weight is 294 g/mol. The van der Waals surface area contributed by atoms with Crippen molar-refractivity contribution < 1.29 is 14.3 Å². The zero-order valence-corrected chi connectivity index (χ0v) is 13.2. The van der Waals surface area contributed by atoms with Crippen LogP contribution in [0.15, 0.2) is 0 Å². The third kappa shape index (κ3) is 3.33. The van der Waals surface area contributed by atoms with Crippen molar-refractivity contribution in [3.8, 4) is 0 Å². The molecule has 0 unspecified atom stereocenters. The molecule has 2 saturated heterocycles. The van der Waals surface area contributed by atoms with Gasteiger partial charge < -0.3 is 15.0 Å². The summed E-state index contributed by atoms with van der Waals surface area (Å²) in [6.07, 6.45) is 4.88. The topological polar surface area (TPSA) is 58.6 Å². The van der Waals surface area contributed by atoms with Crippen LogP contribution in [0.2, 0.25) is 0 Å². The molecule has 4 atom stereocenters. The van der Waals surface area contributed by atoms with E-state index >= 15 is 0 Å². The van der Waals surface area contributed by atoms with Crippen molar-refractivity contribution in [3.63, 3.8) is 0 Å². The van der Waals surface area contributed by atoms with Crippen LogP contribution in [0.4, 0.5) is 4.79 Å². The summed E-state index contributed by atoms with van der Waals surface area (Å²) in [5.74, 6) is 1.46. The molecule has 1 N–H and O–H groups in total. The van der Waals surface area contributed by atoms with Crippen LogP contribution in [0.25, 0.3) is 0 Å². The van der Waals surface area contributed by atoms with Gasteiger partial charge in [0, 0.05) is 12.6 Å². The molecule has 21 heavy (non-hydrogen) atoms. The molecular formula is C16H26N2O3. The summed E-state index contributed by atoms with van der Waals surface area (Å²) in [4.78, 5) is 26.7. The van der Waals surface area contributed by atoms with Crippen molar-refractivity contribution in [2.75, 3.05) is 6.54 Å². The van der Waals surface area contributed by atoms with Crippen LogP contribution >= 0.6 is 0 Å². The third-order valence-electron chi connectivity index (χ3n) is 4.83. The highest BCUT2D eigenvalue weighted by Crippen LogP contribution is 2.48. The number of carbonyl (C=O) groups is 2. The first-order valence-electron chi connectivity index (χ1n) is 8.13. The summed E-state index contributed by atoms with van der Waals surface area (Å²) in [6.45, 7) is 6.34. The van der Waals surface area contributed by atoms with E-state index in [1.807, 2.05) is 25.7 Å². The highest BCUT2D eigenvalue weighted by molar-refractivity contribution is 5.86. The highest BCUT2D eigenvalue weighted by Gasteiger charge is 2.47. The molecule has 0 aromatic rings. The Labute approximate surface area is 126 Å².